The average Bonchev–Trinajstić information content (AvgIpc) is 2.25. The summed E-state index contributed by atoms with van der Waals surface area (Å²) in [7, 11) is 0. The highest BCUT2D eigenvalue weighted by molar-refractivity contribution is 7.71. The van der Waals surface area contributed by atoms with Crippen LogP contribution in [0.1, 0.15) is 11.4 Å². The SMILES string of the molecule is Cc1nc(=S)c(C)c(-c2ccc(F)cc2)[nH]1. The maximum Gasteiger partial charge on any atom is 0.133 e. The van der Waals surface area contributed by atoms with Crippen LogP contribution >= 0.6 is 12.2 Å². The number of benzene rings is 1. The van der Waals surface area contributed by atoms with Gasteiger partial charge in [-0.15, -0.1) is 0 Å². The molecule has 16 heavy (non-hydrogen) atoms. The van der Waals surface area contributed by atoms with Crippen molar-refractivity contribution in [1.29, 1.82) is 0 Å². The fourth-order valence-electron chi connectivity index (χ4n) is 1.55. The van der Waals surface area contributed by atoms with Crippen LogP contribution in [0.3, 0.4) is 0 Å². The first-order valence-corrected chi connectivity index (χ1v) is 5.32. The third-order valence-electron chi connectivity index (χ3n) is 2.40. The number of aromatic amines is 1. The molecule has 2 rings (SSSR count). The Morgan fingerprint density at radius 3 is 2.44 bits per heavy atom. The molecule has 0 aliphatic heterocycles. The first kappa shape index (κ1) is 11.0. The molecule has 0 atom stereocenters. The van der Waals surface area contributed by atoms with E-state index < -0.39 is 0 Å². The molecule has 0 aliphatic carbocycles. The lowest BCUT2D eigenvalue weighted by Gasteiger charge is -2.07. The second-order valence-electron chi connectivity index (χ2n) is 3.63. The van der Waals surface area contributed by atoms with Crippen molar-refractivity contribution in [2.75, 3.05) is 0 Å². The van der Waals surface area contributed by atoms with Gasteiger partial charge >= 0.3 is 0 Å². The highest BCUT2D eigenvalue weighted by Crippen LogP contribution is 2.21. The van der Waals surface area contributed by atoms with E-state index in [-0.39, 0.29) is 5.82 Å². The number of hydrogen-bond donors (Lipinski definition) is 1. The van der Waals surface area contributed by atoms with Gasteiger partial charge in [0.25, 0.3) is 0 Å². The lowest BCUT2D eigenvalue weighted by Crippen LogP contribution is -1.96. The van der Waals surface area contributed by atoms with Crippen LogP contribution in [-0.4, -0.2) is 9.97 Å². The molecule has 0 radical (unpaired) electrons. The maximum atomic E-state index is 12.8. The van der Waals surface area contributed by atoms with Crippen LogP contribution in [0.5, 0.6) is 0 Å². The van der Waals surface area contributed by atoms with Crippen molar-refractivity contribution in [3.8, 4) is 11.3 Å². The number of aromatic nitrogens is 2. The summed E-state index contributed by atoms with van der Waals surface area (Å²) in [5.74, 6) is 0.515. The van der Waals surface area contributed by atoms with Crippen LogP contribution in [0.25, 0.3) is 11.3 Å². The molecule has 0 saturated carbocycles. The van der Waals surface area contributed by atoms with E-state index in [1.807, 2.05) is 13.8 Å². The molecule has 0 bridgehead atoms. The minimum absolute atomic E-state index is 0.245. The third kappa shape index (κ3) is 2.02. The van der Waals surface area contributed by atoms with Gasteiger partial charge in [-0.3, -0.25) is 0 Å². The van der Waals surface area contributed by atoms with E-state index in [0.29, 0.717) is 4.64 Å². The Labute approximate surface area is 98.2 Å². The van der Waals surface area contributed by atoms with Crippen LogP contribution in [-0.2, 0) is 0 Å². The van der Waals surface area contributed by atoms with Gasteiger partial charge in [-0.05, 0) is 43.7 Å². The predicted octanol–water partition coefficient (Wildman–Crippen LogP) is 3.56. The number of halogens is 1. The first-order valence-electron chi connectivity index (χ1n) is 4.91. The Hall–Kier alpha value is -1.55. The molecule has 82 valence electrons. The summed E-state index contributed by atoms with van der Waals surface area (Å²) in [6.45, 7) is 3.76. The number of hydrogen-bond acceptors (Lipinski definition) is 2. The Kier molecular flexibility index (Phi) is 2.83. The molecule has 2 nitrogen and oxygen atoms in total. The van der Waals surface area contributed by atoms with Crippen molar-refractivity contribution in [3.05, 3.63) is 46.1 Å². The zero-order chi connectivity index (χ0) is 11.7. The van der Waals surface area contributed by atoms with Crippen LogP contribution in [0.4, 0.5) is 4.39 Å². The van der Waals surface area contributed by atoms with Gasteiger partial charge < -0.3 is 4.98 Å². The molecule has 1 aromatic heterocycles. The molecule has 0 spiro atoms. The minimum Gasteiger partial charge on any atom is -0.343 e. The molecule has 4 heteroatoms. The van der Waals surface area contributed by atoms with Crippen LogP contribution in [0.2, 0.25) is 0 Å². The largest absolute Gasteiger partial charge is 0.343 e. The summed E-state index contributed by atoms with van der Waals surface area (Å²) in [4.78, 5) is 7.31. The normalized spacial score (nSPS) is 10.4. The van der Waals surface area contributed by atoms with Gasteiger partial charge in [-0.25, -0.2) is 9.37 Å². The molecule has 0 aliphatic rings. The van der Waals surface area contributed by atoms with Gasteiger partial charge in [0.2, 0.25) is 0 Å². The third-order valence-corrected chi connectivity index (χ3v) is 2.80. The average molecular weight is 234 g/mol. The molecule has 0 unspecified atom stereocenters. The van der Waals surface area contributed by atoms with E-state index >= 15 is 0 Å². The summed E-state index contributed by atoms with van der Waals surface area (Å²) in [6, 6.07) is 6.31. The second-order valence-corrected chi connectivity index (χ2v) is 4.02. The van der Waals surface area contributed by atoms with Gasteiger partial charge in [0, 0.05) is 5.56 Å². The van der Waals surface area contributed by atoms with E-state index in [0.717, 1.165) is 22.6 Å². The summed E-state index contributed by atoms with van der Waals surface area (Å²) >= 11 is 5.15. The van der Waals surface area contributed by atoms with Crippen LogP contribution in [0.15, 0.2) is 24.3 Å². The second kappa shape index (κ2) is 4.14. The fraction of sp³-hybridized carbons (Fsp3) is 0.167. The zero-order valence-corrected chi connectivity index (χ0v) is 9.86. The predicted molar refractivity (Wildman–Crippen MR) is 64.3 cm³/mol. The zero-order valence-electron chi connectivity index (χ0n) is 9.04. The number of rotatable bonds is 1. The topological polar surface area (TPSA) is 28.7 Å². The summed E-state index contributed by atoms with van der Waals surface area (Å²) in [5, 5.41) is 0. The molecule has 1 heterocycles. The molecule has 0 fully saturated rings. The summed E-state index contributed by atoms with van der Waals surface area (Å²) in [6.07, 6.45) is 0. The van der Waals surface area contributed by atoms with Crippen molar-refractivity contribution in [2.24, 2.45) is 0 Å². The van der Waals surface area contributed by atoms with Crippen molar-refractivity contribution < 1.29 is 4.39 Å². The quantitative estimate of drug-likeness (QED) is 0.764. The number of aryl methyl sites for hydroxylation is 1. The maximum absolute atomic E-state index is 12.8. The van der Waals surface area contributed by atoms with Crippen molar-refractivity contribution in [2.45, 2.75) is 13.8 Å². The number of nitrogens with one attached hydrogen (secondary N) is 1. The lowest BCUT2D eigenvalue weighted by atomic mass is 10.1. The molecular weight excluding hydrogens is 223 g/mol. The van der Waals surface area contributed by atoms with Gasteiger partial charge in [0.15, 0.2) is 0 Å². The Bertz CT molecular complexity index is 573. The van der Waals surface area contributed by atoms with E-state index in [9.17, 15) is 4.39 Å². The van der Waals surface area contributed by atoms with E-state index in [2.05, 4.69) is 9.97 Å². The standard InChI is InChI=1S/C12H11FN2S/c1-7-11(14-8(2)15-12(7)16)9-3-5-10(13)6-4-9/h3-6H,1-2H3,(H,14,15,16). The first-order chi connectivity index (χ1) is 7.58. The molecule has 1 aromatic carbocycles. The molecule has 0 amide bonds. The van der Waals surface area contributed by atoms with E-state index in [1.54, 1.807) is 12.1 Å². The van der Waals surface area contributed by atoms with Crippen LogP contribution < -0.4 is 0 Å². The molecule has 1 N–H and O–H groups in total. The Morgan fingerprint density at radius 1 is 1.19 bits per heavy atom. The van der Waals surface area contributed by atoms with Crippen molar-refractivity contribution in [1.82, 2.24) is 9.97 Å². The van der Waals surface area contributed by atoms with E-state index in [1.165, 1.54) is 12.1 Å². The van der Waals surface area contributed by atoms with Gasteiger partial charge in [-0.2, -0.15) is 0 Å². The highest BCUT2D eigenvalue weighted by atomic mass is 32.1. The monoisotopic (exact) mass is 234 g/mol. The van der Waals surface area contributed by atoms with Crippen molar-refractivity contribution in [3.63, 3.8) is 0 Å². The van der Waals surface area contributed by atoms with Crippen LogP contribution in [0, 0.1) is 24.3 Å². The smallest absolute Gasteiger partial charge is 0.133 e. The summed E-state index contributed by atoms with van der Waals surface area (Å²) < 4.78 is 13.4. The lowest BCUT2D eigenvalue weighted by molar-refractivity contribution is 0.628. The molecule has 0 saturated heterocycles. The van der Waals surface area contributed by atoms with Gasteiger partial charge in [0.1, 0.15) is 16.3 Å². The van der Waals surface area contributed by atoms with Crippen molar-refractivity contribution >= 4 is 12.2 Å². The fourth-order valence-corrected chi connectivity index (χ4v) is 1.79. The Morgan fingerprint density at radius 2 is 1.81 bits per heavy atom. The number of H-pyrrole nitrogens is 1. The van der Waals surface area contributed by atoms with E-state index in [4.69, 9.17) is 12.2 Å². The minimum atomic E-state index is -0.245. The van der Waals surface area contributed by atoms with Gasteiger partial charge in [0.05, 0.1) is 5.69 Å². The molecular formula is C12H11FN2S. The Balaban J connectivity index is 2.64. The van der Waals surface area contributed by atoms with Gasteiger partial charge in [-0.1, -0.05) is 12.2 Å². The highest BCUT2D eigenvalue weighted by Gasteiger charge is 2.05. The number of nitrogens with zero attached hydrogens (tertiary/aromatic N) is 1. The summed E-state index contributed by atoms with van der Waals surface area (Å²) in [5.41, 5.74) is 2.72. The molecule has 2 aromatic rings.